The second-order valence-corrected chi connectivity index (χ2v) is 12.9. The van der Waals surface area contributed by atoms with Crippen molar-refractivity contribution >= 4 is 39.3 Å². The van der Waals surface area contributed by atoms with Crippen molar-refractivity contribution in [1.82, 2.24) is 10.2 Å². The van der Waals surface area contributed by atoms with Crippen LogP contribution < -0.4 is 14.4 Å². The van der Waals surface area contributed by atoms with Crippen LogP contribution in [0.15, 0.2) is 82.6 Å². The van der Waals surface area contributed by atoms with Gasteiger partial charge >= 0.3 is 0 Å². The zero-order valence-corrected chi connectivity index (χ0v) is 26.8. The lowest BCUT2D eigenvalue weighted by molar-refractivity contribution is -0.140. The minimum absolute atomic E-state index is 0.0502. The summed E-state index contributed by atoms with van der Waals surface area (Å²) < 4.78 is 35.2. The maximum atomic E-state index is 14.3. The van der Waals surface area contributed by atoms with Gasteiger partial charge in [0.25, 0.3) is 10.0 Å². The maximum absolute atomic E-state index is 14.3. The topological polar surface area (TPSA) is 96.0 Å². The van der Waals surface area contributed by atoms with Crippen LogP contribution in [0.4, 0.5) is 5.69 Å². The number of rotatable bonds is 14. The Morgan fingerprint density at radius 3 is 2.26 bits per heavy atom. The second kappa shape index (κ2) is 15.1. The van der Waals surface area contributed by atoms with Crippen LogP contribution >= 0.6 is 11.8 Å². The number of anilines is 1. The summed E-state index contributed by atoms with van der Waals surface area (Å²) in [4.78, 5) is 30.0. The van der Waals surface area contributed by atoms with E-state index in [4.69, 9.17) is 4.74 Å². The Morgan fingerprint density at radius 2 is 1.67 bits per heavy atom. The van der Waals surface area contributed by atoms with Crippen molar-refractivity contribution in [2.24, 2.45) is 0 Å². The van der Waals surface area contributed by atoms with Gasteiger partial charge in [-0.1, -0.05) is 48.9 Å². The summed E-state index contributed by atoms with van der Waals surface area (Å²) in [5, 5.41) is 2.92. The number of carbonyl (C=O) groups is 2. The van der Waals surface area contributed by atoms with Crippen molar-refractivity contribution in [2.45, 2.75) is 69.5 Å². The molecule has 0 saturated heterocycles. The largest absolute Gasteiger partial charge is 0.492 e. The molecule has 0 heterocycles. The van der Waals surface area contributed by atoms with E-state index in [-0.39, 0.29) is 29.1 Å². The molecule has 3 rings (SSSR count). The fourth-order valence-corrected chi connectivity index (χ4v) is 6.47. The predicted molar refractivity (Wildman–Crippen MR) is 169 cm³/mol. The molecule has 0 radical (unpaired) electrons. The van der Waals surface area contributed by atoms with Gasteiger partial charge in [-0.15, -0.1) is 11.8 Å². The van der Waals surface area contributed by atoms with Gasteiger partial charge in [0.2, 0.25) is 11.8 Å². The van der Waals surface area contributed by atoms with Crippen LogP contribution in [-0.2, 0) is 26.2 Å². The Labute approximate surface area is 254 Å². The smallest absolute Gasteiger partial charge is 0.264 e. The number of benzene rings is 3. The molecule has 0 saturated carbocycles. The van der Waals surface area contributed by atoms with Gasteiger partial charge < -0.3 is 15.0 Å². The van der Waals surface area contributed by atoms with E-state index in [2.05, 4.69) is 5.32 Å². The van der Waals surface area contributed by atoms with Crippen LogP contribution in [0.2, 0.25) is 0 Å². The fourth-order valence-electron chi connectivity index (χ4n) is 4.64. The van der Waals surface area contributed by atoms with E-state index in [9.17, 15) is 18.0 Å². The molecule has 226 valence electrons. The van der Waals surface area contributed by atoms with E-state index >= 15 is 0 Å². The molecule has 0 fully saturated rings. The zero-order valence-electron chi connectivity index (χ0n) is 25.2. The number of hydrogen-bond donors (Lipinski definition) is 1. The molecule has 10 heteroatoms. The van der Waals surface area contributed by atoms with Crippen LogP contribution in [-0.4, -0.2) is 56.6 Å². The van der Waals surface area contributed by atoms with Gasteiger partial charge in [0.1, 0.15) is 18.3 Å². The van der Waals surface area contributed by atoms with E-state index in [1.807, 2.05) is 65.1 Å². The molecular weight excluding hydrogens is 571 g/mol. The van der Waals surface area contributed by atoms with Crippen molar-refractivity contribution in [3.05, 3.63) is 83.9 Å². The Bertz CT molecular complexity index is 1460. The molecule has 42 heavy (non-hydrogen) atoms. The average Bonchev–Trinajstić information content (AvgIpc) is 2.96. The highest BCUT2D eigenvalue weighted by Crippen LogP contribution is 2.33. The number of thioether (sulfide) groups is 1. The van der Waals surface area contributed by atoms with Crippen molar-refractivity contribution in [2.75, 3.05) is 23.7 Å². The Hall–Kier alpha value is -3.50. The summed E-state index contributed by atoms with van der Waals surface area (Å²) >= 11 is 1.50. The lowest BCUT2D eigenvalue weighted by Crippen LogP contribution is -2.53. The summed E-state index contributed by atoms with van der Waals surface area (Å²) in [7, 11) is -4.20. The quantitative estimate of drug-likeness (QED) is 0.237. The van der Waals surface area contributed by atoms with Gasteiger partial charge in [0.05, 0.1) is 17.2 Å². The van der Waals surface area contributed by atoms with Crippen LogP contribution in [0, 0.1) is 6.92 Å². The normalized spacial score (nSPS) is 12.1. The standard InChI is InChI=1S/C32H41N3O5S2/c1-7-28(32(37)33-23(3)4)34(21-25-13-11-12-24(5)20-25)31(36)22-35(29-14-9-10-15-30(29)40-8-2)42(38,39)27-18-16-26(41-6)17-19-27/h9-20,23,28H,7-8,21-22H2,1-6H3,(H,33,37). The third-order valence-corrected chi connectivity index (χ3v) is 9.13. The molecule has 2 amide bonds. The molecule has 1 unspecified atom stereocenters. The minimum Gasteiger partial charge on any atom is -0.492 e. The van der Waals surface area contributed by atoms with E-state index in [0.29, 0.717) is 18.8 Å². The van der Waals surface area contributed by atoms with Crippen LogP contribution in [0.5, 0.6) is 5.75 Å². The first kappa shape index (κ1) is 33.0. The molecule has 1 N–H and O–H groups in total. The Balaban J connectivity index is 2.12. The first-order valence-corrected chi connectivity index (χ1v) is 16.7. The number of sulfonamides is 1. The molecule has 0 aliphatic rings. The molecule has 0 spiro atoms. The van der Waals surface area contributed by atoms with E-state index in [1.54, 1.807) is 36.4 Å². The number of para-hydroxylation sites is 2. The number of nitrogens with one attached hydrogen (secondary N) is 1. The third-order valence-electron chi connectivity index (χ3n) is 6.61. The summed E-state index contributed by atoms with van der Waals surface area (Å²) in [6.45, 7) is 9.27. The molecule has 0 aliphatic carbocycles. The summed E-state index contributed by atoms with van der Waals surface area (Å²) in [6, 6.07) is 20.1. The summed E-state index contributed by atoms with van der Waals surface area (Å²) in [5.41, 5.74) is 2.11. The maximum Gasteiger partial charge on any atom is 0.264 e. The first-order valence-electron chi connectivity index (χ1n) is 14.1. The Morgan fingerprint density at radius 1 is 0.976 bits per heavy atom. The monoisotopic (exact) mass is 611 g/mol. The van der Waals surface area contributed by atoms with Crippen molar-refractivity contribution in [3.63, 3.8) is 0 Å². The predicted octanol–water partition coefficient (Wildman–Crippen LogP) is 5.64. The second-order valence-electron chi connectivity index (χ2n) is 10.2. The SMILES string of the molecule is CCOc1ccccc1N(CC(=O)N(Cc1cccc(C)c1)C(CC)C(=O)NC(C)C)S(=O)(=O)c1ccc(SC)cc1. The minimum atomic E-state index is -4.20. The zero-order chi connectivity index (χ0) is 30.9. The van der Waals surface area contributed by atoms with Gasteiger partial charge in [-0.25, -0.2) is 8.42 Å². The molecule has 3 aromatic rings. The number of carbonyl (C=O) groups excluding carboxylic acids is 2. The number of nitrogens with zero attached hydrogens (tertiary/aromatic N) is 2. The van der Waals surface area contributed by atoms with Crippen LogP contribution in [0.3, 0.4) is 0 Å². The van der Waals surface area contributed by atoms with Crippen molar-refractivity contribution in [1.29, 1.82) is 0 Å². The third kappa shape index (κ3) is 8.29. The molecule has 1 atom stereocenters. The van der Waals surface area contributed by atoms with E-state index in [1.165, 1.54) is 28.8 Å². The van der Waals surface area contributed by atoms with E-state index in [0.717, 1.165) is 20.3 Å². The highest BCUT2D eigenvalue weighted by Gasteiger charge is 2.35. The van der Waals surface area contributed by atoms with E-state index < -0.39 is 28.5 Å². The molecule has 0 aromatic heterocycles. The number of hydrogen-bond acceptors (Lipinski definition) is 6. The highest BCUT2D eigenvalue weighted by atomic mass is 32.2. The number of aryl methyl sites for hydroxylation is 1. The Kier molecular flexibility index (Phi) is 11.9. The molecule has 8 nitrogen and oxygen atoms in total. The summed E-state index contributed by atoms with van der Waals surface area (Å²) in [6.07, 6.45) is 2.27. The van der Waals surface area contributed by atoms with Crippen molar-refractivity contribution in [3.8, 4) is 5.75 Å². The average molecular weight is 612 g/mol. The number of ether oxygens (including phenoxy) is 1. The van der Waals surface area contributed by atoms with Gasteiger partial charge in [-0.3, -0.25) is 13.9 Å². The van der Waals surface area contributed by atoms with Gasteiger partial charge in [-0.2, -0.15) is 0 Å². The first-order chi connectivity index (χ1) is 20.0. The van der Waals surface area contributed by atoms with Crippen LogP contribution in [0.1, 0.15) is 45.2 Å². The lowest BCUT2D eigenvalue weighted by atomic mass is 10.1. The van der Waals surface area contributed by atoms with Gasteiger partial charge in [0.15, 0.2) is 0 Å². The summed E-state index contributed by atoms with van der Waals surface area (Å²) in [5.74, 6) is -0.449. The fraction of sp³-hybridized carbons (Fsp3) is 0.375. The lowest BCUT2D eigenvalue weighted by Gasteiger charge is -2.34. The van der Waals surface area contributed by atoms with Crippen molar-refractivity contribution < 1.29 is 22.7 Å². The van der Waals surface area contributed by atoms with Crippen LogP contribution in [0.25, 0.3) is 0 Å². The number of amides is 2. The molecule has 0 aliphatic heterocycles. The molecule has 3 aromatic carbocycles. The van der Waals surface area contributed by atoms with Gasteiger partial charge in [-0.05, 0) is 82.3 Å². The highest BCUT2D eigenvalue weighted by molar-refractivity contribution is 7.98. The van der Waals surface area contributed by atoms with Gasteiger partial charge in [0, 0.05) is 17.5 Å². The molecular formula is C32H41N3O5S2. The molecule has 0 bridgehead atoms.